The summed E-state index contributed by atoms with van der Waals surface area (Å²) in [4.78, 5) is 24.3. The Balaban J connectivity index is 1.63. The highest BCUT2D eigenvalue weighted by atomic mass is 35.5. The van der Waals surface area contributed by atoms with Crippen LogP contribution in [0.15, 0.2) is 34.8 Å². The molecule has 6 heteroatoms. The van der Waals surface area contributed by atoms with Crippen LogP contribution in [0.2, 0.25) is 0 Å². The molecule has 3 rings (SSSR count). The van der Waals surface area contributed by atoms with Crippen molar-refractivity contribution in [2.45, 2.75) is 37.2 Å². The maximum absolute atomic E-state index is 12.1. The number of nitrogens with one attached hydrogen (secondary N) is 1. The van der Waals surface area contributed by atoms with Gasteiger partial charge in [0.15, 0.2) is 0 Å². The summed E-state index contributed by atoms with van der Waals surface area (Å²) in [6, 6.07) is 0. The number of hydrogen-bond donors (Lipinski definition) is 1. The van der Waals surface area contributed by atoms with Crippen molar-refractivity contribution in [1.29, 1.82) is 0 Å². The third-order valence-corrected chi connectivity index (χ3v) is 5.45. The van der Waals surface area contributed by atoms with Gasteiger partial charge in [-0.1, -0.05) is 25.0 Å². The van der Waals surface area contributed by atoms with E-state index < -0.39 is 11.5 Å². The number of carbonyl (C=O) groups is 2. The molecule has 0 aromatic rings. The summed E-state index contributed by atoms with van der Waals surface area (Å²) in [5, 5.41) is 2.27. The Kier molecular flexibility index (Phi) is 4.93. The van der Waals surface area contributed by atoms with Crippen molar-refractivity contribution in [3.63, 3.8) is 0 Å². The quantitative estimate of drug-likeness (QED) is 0.631. The molecule has 1 saturated carbocycles. The number of thioether (sulfide) groups is 1. The molecular weight excluding hydrogens is 322 g/mol. The molecule has 1 saturated heterocycles. The largest absolute Gasteiger partial charge is 0.456 e. The van der Waals surface area contributed by atoms with Crippen molar-refractivity contribution in [2.24, 2.45) is 5.92 Å². The molecule has 1 amide bonds. The predicted molar refractivity (Wildman–Crippen MR) is 87.8 cm³/mol. The van der Waals surface area contributed by atoms with E-state index in [0.717, 1.165) is 36.2 Å². The molecule has 0 bridgehead atoms. The Hall–Kier alpha value is -1.20. The molecule has 2 aliphatic carbocycles. The van der Waals surface area contributed by atoms with E-state index in [4.69, 9.17) is 16.3 Å². The first-order valence-corrected chi connectivity index (χ1v) is 8.78. The second-order valence-corrected chi connectivity index (χ2v) is 7.26. The van der Waals surface area contributed by atoms with E-state index in [9.17, 15) is 9.59 Å². The van der Waals surface area contributed by atoms with Gasteiger partial charge < -0.3 is 10.1 Å². The van der Waals surface area contributed by atoms with Gasteiger partial charge in [-0.2, -0.15) is 0 Å². The standard InChI is InChI=1S/C16H18ClNO3S/c17-14-11(8-12-9-18-16(20)22-12)6-3-7-13(14)21-15(19)10-4-1-2-5-10/h3,6-8,10,13-14H,1-2,4-5,9H2,(H,18,20)/b12-8-. The van der Waals surface area contributed by atoms with Crippen LogP contribution in [0.1, 0.15) is 25.7 Å². The van der Waals surface area contributed by atoms with Crippen LogP contribution in [0.25, 0.3) is 0 Å². The third kappa shape index (κ3) is 3.58. The number of amides is 1. The summed E-state index contributed by atoms with van der Waals surface area (Å²) >= 11 is 7.63. The molecule has 2 unspecified atom stereocenters. The van der Waals surface area contributed by atoms with Crippen molar-refractivity contribution in [3.8, 4) is 0 Å². The van der Waals surface area contributed by atoms with Crippen molar-refractivity contribution >= 4 is 34.6 Å². The summed E-state index contributed by atoms with van der Waals surface area (Å²) in [7, 11) is 0. The van der Waals surface area contributed by atoms with Gasteiger partial charge in [0.1, 0.15) is 6.10 Å². The summed E-state index contributed by atoms with van der Waals surface area (Å²) in [6.07, 6.45) is 11.1. The summed E-state index contributed by atoms with van der Waals surface area (Å²) in [5.74, 6) is -0.115. The first-order chi connectivity index (χ1) is 10.6. The SMILES string of the molecule is O=C1NC/C(=C/C2=CC=CC(OC(=O)C3CCCC3)C2Cl)S1. The van der Waals surface area contributed by atoms with E-state index in [-0.39, 0.29) is 17.1 Å². The third-order valence-electron chi connectivity index (χ3n) is 4.10. The fourth-order valence-corrected chi connectivity index (χ4v) is 3.88. The highest BCUT2D eigenvalue weighted by Crippen LogP contribution is 2.31. The average molecular weight is 340 g/mol. The van der Waals surface area contributed by atoms with E-state index in [1.807, 2.05) is 24.3 Å². The molecule has 3 aliphatic rings. The van der Waals surface area contributed by atoms with Crippen molar-refractivity contribution in [3.05, 3.63) is 34.8 Å². The zero-order valence-corrected chi connectivity index (χ0v) is 13.7. The molecular formula is C16H18ClNO3S. The normalized spacial score (nSPS) is 30.5. The molecule has 2 atom stereocenters. The lowest BCUT2D eigenvalue weighted by Crippen LogP contribution is -2.30. The Morgan fingerprint density at radius 1 is 1.41 bits per heavy atom. The minimum Gasteiger partial charge on any atom is -0.456 e. The minimum atomic E-state index is -0.443. The van der Waals surface area contributed by atoms with Gasteiger partial charge in [0.25, 0.3) is 5.24 Å². The number of esters is 1. The number of rotatable bonds is 3. The van der Waals surface area contributed by atoms with E-state index >= 15 is 0 Å². The summed E-state index contributed by atoms with van der Waals surface area (Å²) in [5.41, 5.74) is 0.868. The van der Waals surface area contributed by atoms with E-state index in [1.54, 1.807) is 0 Å². The van der Waals surface area contributed by atoms with E-state index in [0.29, 0.717) is 6.54 Å². The van der Waals surface area contributed by atoms with Crippen LogP contribution in [0.5, 0.6) is 0 Å². The van der Waals surface area contributed by atoms with Gasteiger partial charge >= 0.3 is 5.97 Å². The lowest BCUT2D eigenvalue weighted by atomic mass is 10.0. The lowest BCUT2D eigenvalue weighted by molar-refractivity contribution is -0.151. The Bertz CT molecular complexity index is 564. The first-order valence-electron chi connectivity index (χ1n) is 7.52. The Morgan fingerprint density at radius 2 is 2.18 bits per heavy atom. The monoisotopic (exact) mass is 339 g/mol. The van der Waals surface area contributed by atoms with Gasteiger partial charge in [-0.15, -0.1) is 11.6 Å². The molecule has 4 nitrogen and oxygen atoms in total. The molecule has 0 radical (unpaired) electrons. The molecule has 22 heavy (non-hydrogen) atoms. The highest BCUT2D eigenvalue weighted by Gasteiger charge is 2.31. The lowest BCUT2D eigenvalue weighted by Gasteiger charge is -2.24. The maximum atomic E-state index is 12.1. The topological polar surface area (TPSA) is 55.4 Å². The number of allylic oxidation sites excluding steroid dienone is 3. The molecule has 0 aromatic carbocycles. The number of carbonyl (C=O) groups excluding carboxylic acids is 2. The Morgan fingerprint density at radius 3 is 2.86 bits per heavy atom. The van der Waals surface area contributed by atoms with Crippen molar-refractivity contribution < 1.29 is 14.3 Å². The molecule has 118 valence electrons. The first kappa shape index (κ1) is 15.7. The Labute approximate surface area is 139 Å². The zero-order chi connectivity index (χ0) is 15.5. The fourth-order valence-electron chi connectivity index (χ4n) is 2.89. The second kappa shape index (κ2) is 6.92. The van der Waals surface area contributed by atoms with Crippen LogP contribution in [0.3, 0.4) is 0 Å². The molecule has 2 fully saturated rings. The van der Waals surface area contributed by atoms with Gasteiger partial charge in [-0.25, -0.2) is 0 Å². The van der Waals surface area contributed by atoms with Gasteiger partial charge in [0, 0.05) is 4.91 Å². The molecule has 1 heterocycles. The number of alkyl halides is 1. The van der Waals surface area contributed by atoms with E-state index in [2.05, 4.69) is 5.32 Å². The molecule has 1 aliphatic heterocycles. The van der Waals surface area contributed by atoms with Crippen LogP contribution < -0.4 is 5.32 Å². The highest BCUT2D eigenvalue weighted by molar-refractivity contribution is 8.17. The van der Waals surface area contributed by atoms with Crippen molar-refractivity contribution in [2.75, 3.05) is 6.54 Å². The average Bonchev–Trinajstić information content (AvgIpc) is 3.15. The molecule has 0 aromatic heterocycles. The van der Waals surface area contributed by atoms with Crippen LogP contribution in [-0.2, 0) is 9.53 Å². The van der Waals surface area contributed by atoms with Crippen LogP contribution in [-0.4, -0.2) is 29.2 Å². The van der Waals surface area contributed by atoms with Gasteiger partial charge in [-0.05, 0) is 42.3 Å². The van der Waals surface area contributed by atoms with Crippen molar-refractivity contribution in [1.82, 2.24) is 5.32 Å². The van der Waals surface area contributed by atoms with E-state index in [1.165, 1.54) is 11.8 Å². The predicted octanol–water partition coefficient (Wildman–Crippen LogP) is 3.53. The van der Waals surface area contributed by atoms with Gasteiger partial charge in [0.05, 0.1) is 17.8 Å². The number of hydrogen-bond acceptors (Lipinski definition) is 4. The number of ether oxygens (including phenoxy) is 1. The second-order valence-electron chi connectivity index (χ2n) is 5.69. The van der Waals surface area contributed by atoms with Gasteiger partial charge in [0.2, 0.25) is 0 Å². The summed E-state index contributed by atoms with van der Waals surface area (Å²) < 4.78 is 5.59. The smallest absolute Gasteiger partial charge is 0.309 e. The maximum Gasteiger partial charge on any atom is 0.309 e. The molecule has 1 N–H and O–H groups in total. The fraction of sp³-hybridized carbons (Fsp3) is 0.500. The minimum absolute atomic E-state index is 0.0252. The summed E-state index contributed by atoms with van der Waals surface area (Å²) in [6.45, 7) is 0.528. The zero-order valence-electron chi connectivity index (χ0n) is 12.1. The number of halogens is 1. The van der Waals surface area contributed by atoms with Crippen LogP contribution >= 0.6 is 23.4 Å². The molecule has 0 spiro atoms. The van der Waals surface area contributed by atoms with Crippen LogP contribution in [0, 0.1) is 5.92 Å². The van der Waals surface area contributed by atoms with Crippen LogP contribution in [0.4, 0.5) is 4.79 Å². The van der Waals surface area contributed by atoms with Gasteiger partial charge in [-0.3, -0.25) is 9.59 Å².